The molecule has 0 radical (unpaired) electrons. The van der Waals surface area contributed by atoms with E-state index in [2.05, 4.69) is 4.98 Å². The second kappa shape index (κ2) is 6.66. The van der Waals surface area contributed by atoms with Gasteiger partial charge in [0, 0.05) is 22.9 Å². The van der Waals surface area contributed by atoms with Gasteiger partial charge >= 0.3 is 5.97 Å². The van der Waals surface area contributed by atoms with Crippen LogP contribution in [0.15, 0.2) is 18.3 Å². The minimum atomic E-state index is -1.33. The zero-order chi connectivity index (χ0) is 17.1. The van der Waals surface area contributed by atoms with Crippen LogP contribution in [0.2, 0.25) is 0 Å². The van der Waals surface area contributed by atoms with E-state index in [1.54, 1.807) is 0 Å². The second-order valence-electron chi connectivity index (χ2n) is 4.61. The predicted octanol–water partition coefficient (Wildman–Crippen LogP) is 2.54. The van der Waals surface area contributed by atoms with Crippen LogP contribution in [0.25, 0.3) is 11.1 Å². The summed E-state index contributed by atoms with van der Waals surface area (Å²) >= 11 is 0. The van der Waals surface area contributed by atoms with Gasteiger partial charge in [0.1, 0.15) is 12.4 Å². The van der Waals surface area contributed by atoms with Crippen molar-refractivity contribution in [3.63, 3.8) is 0 Å². The third-order valence-corrected chi connectivity index (χ3v) is 3.09. The van der Waals surface area contributed by atoms with E-state index in [4.69, 9.17) is 14.9 Å². The summed E-state index contributed by atoms with van der Waals surface area (Å²) in [6.07, 6.45) is 0.975. The van der Waals surface area contributed by atoms with Gasteiger partial charge in [-0.1, -0.05) is 0 Å². The Morgan fingerprint density at radius 1 is 1.22 bits per heavy atom. The van der Waals surface area contributed by atoms with E-state index < -0.39 is 29.0 Å². The van der Waals surface area contributed by atoms with E-state index in [9.17, 15) is 18.0 Å². The maximum absolute atomic E-state index is 14.3. The topological polar surface area (TPSA) is 79.7 Å². The van der Waals surface area contributed by atoms with Crippen molar-refractivity contribution < 1.29 is 32.9 Å². The Morgan fingerprint density at radius 2 is 1.91 bits per heavy atom. The standard InChI is InChI=1S/C15H12F3NO4/c1-7-12(17)9(5-11(16)13(7)18)10-4-8(15(21)22)6-19-14(10)23-3-2-20/h4-6,20H,2-3H2,1H3,(H,21,22). The molecule has 23 heavy (non-hydrogen) atoms. The summed E-state index contributed by atoms with van der Waals surface area (Å²) in [6, 6.07) is 1.64. The average molecular weight is 327 g/mol. The number of nitrogens with zero attached hydrogens (tertiary/aromatic N) is 1. The zero-order valence-electron chi connectivity index (χ0n) is 11.9. The van der Waals surface area contributed by atoms with Gasteiger partial charge in [-0.2, -0.15) is 0 Å². The highest BCUT2D eigenvalue weighted by Crippen LogP contribution is 2.34. The molecule has 0 spiro atoms. The predicted molar refractivity (Wildman–Crippen MR) is 73.8 cm³/mol. The number of carboxylic acid groups (broad SMARTS) is 1. The molecular formula is C15H12F3NO4. The van der Waals surface area contributed by atoms with Crippen LogP contribution in [0.3, 0.4) is 0 Å². The molecule has 0 saturated heterocycles. The van der Waals surface area contributed by atoms with Gasteiger partial charge in [0.2, 0.25) is 5.88 Å². The van der Waals surface area contributed by atoms with E-state index in [0.717, 1.165) is 19.2 Å². The molecule has 122 valence electrons. The van der Waals surface area contributed by atoms with Gasteiger partial charge in [0.05, 0.1) is 12.2 Å². The van der Waals surface area contributed by atoms with Crippen molar-refractivity contribution >= 4 is 5.97 Å². The summed E-state index contributed by atoms with van der Waals surface area (Å²) < 4.78 is 46.4. The number of aliphatic hydroxyl groups excluding tert-OH is 1. The van der Waals surface area contributed by atoms with Crippen LogP contribution in [-0.2, 0) is 0 Å². The van der Waals surface area contributed by atoms with Crippen molar-refractivity contribution in [3.05, 3.63) is 46.9 Å². The molecule has 0 saturated carbocycles. The summed E-state index contributed by atoms with van der Waals surface area (Å²) in [4.78, 5) is 14.8. The van der Waals surface area contributed by atoms with Crippen molar-refractivity contribution in [2.75, 3.05) is 13.2 Å². The third kappa shape index (κ3) is 3.26. The van der Waals surface area contributed by atoms with Crippen LogP contribution in [0, 0.1) is 24.4 Å². The number of hydrogen-bond donors (Lipinski definition) is 2. The van der Waals surface area contributed by atoms with Crippen LogP contribution in [0.4, 0.5) is 13.2 Å². The molecule has 0 atom stereocenters. The maximum Gasteiger partial charge on any atom is 0.337 e. The first kappa shape index (κ1) is 16.8. The molecule has 2 rings (SSSR count). The number of benzene rings is 1. The normalized spacial score (nSPS) is 10.7. The molecule has 2 aromatic rings. The van der Waals surface area contributed by atoms with Crippen molar-refractivity contribution in [2.24, 2.45) is 0 Å². The molecule has 0 aliphatic carbocycles. The smallest absolute Gasteiger partial charge is 0.337 e. The van der Waals surface area contributed by atoms with Crippen LogP contribution in [-0.4, -0.2) is 34.4 Å². The number of ether oxygens (including phenoxy) is 1. The number of hydrogen-bond acceptors (Lipinski definition) is 4. The zero-order valence-corrected chi connectivity index (χ0v) is 11.9. The summed E-state index contributed by atoms with van der Waals surface area (Å²) in [7, 11) is 0. The highest BCUT2D eigenvalue weighted by molar-refractivity contribution is 5.89. The molecule has 8 heteroatoms. The van der Waals surface area contributed by atoms with Crippen LogP contribution in [0.1, 0.15) is 15.9 Å². The van der Waals surface area contributed by atoms with Crippen molar-refractivity contribution in [2.45, 2.75) is 6.92 Å². The Bertz CT molecular complexity index is 765. The van der Waals surface area contributed by atoms with E-state index in [-0.39, 0.29) is 35.8 Å². The minimum absolute atomic E-state index is 0.155. The summed E-state index contributed by atoms with van der Waals surface area (Å²) in [5.41, 5.74) is -1.37. The molecule has 1 aromatic carbocycles. The lowest BCUT2D eigenvalue weighted by Gasteiger charge is -2.13. The minimum Gasteiger partial charge on any atom is -0.478 e. The summed E-state index contributed by atoms with van der Waals surface area (Å²) in [6.45, 7) is 0.512. The Hall–Kier alpha value is -2.61. The molecule has 0 aliphatic rings. The Morgan fingerprint density at radius 3 is 2.52 bits per heavy atom. The van der Waals surface area contributed by atoms with E-state index in [1.165, 1.54) is 0 Å². The first-order chi connectivity index (χ1) is 10.9. The fourth-order valence-electron chi connectivity index (χ4n) is 1.95. The van der Waals surface area contributed by atoms with Gasteiger partial charge in [-0.15, -0.1) is 0 Å². The van der Waals surface area contributed by atoms with Gasteiger partial charge in [0.15, 0.2) is 11.6 Å². The molecule has 1 heterocycles. The van der Waals surface area contributed by atoms with Gasteiger partial charge in [0.25, 0.3) is 0 Å². The highest BCUT2D eigenvalue weighted by atomic mass is 19.2. The first-order valence-corrected chi connectivity index (χ1v) is 6.48. The van der Waals surface area contributed by atoms with E-state index >= 15 is 0 Å². The molecule has 0 aliphatic heterocycles. The molecule has 0 amide bonds. The lowest BCUT2D eigenvalue weighted by atomic mass is 10.0. The van der Waals surface area contributed by atoms with Gasteiger partial charge in [-0.25, -0.2) is 22.9 Å². The SMILES string of the molecule is Cc1c(F)c(F)cc(-c2cc(C(=O)O)cnc2OCCO)c1F. The molecule has 0 unspecified atom stereocenters. The fraction of sp³-hybridized carbons (Fsp3) is 0.200. The van der Waals surface area contributed by atoms with Crippen molar-refractivity contribution in [3.8, 4) is 17.0 Å². The summed E-state index contributed by atoms with van der Waals surface area (Å²) in [5.74, 6) is -5.19. The number of halogens is 3. The number of aromatic nitrogens is 1. The quantitative estimate of drug-likeness (QED) is 0.825. The van der Waals surface area contributed by atoms with Crippen molar-refractivity contribution in [1.29, 1.82) is 0 Å². The monoisotopic (exact) mass is 327 g/mol. The summed E-state index contributed by atoms with van der Waals surface area (Å²) in [5, 5.41) is 17.8. The lowest BCUT2D eigenvalue weighted by molar-refractivity contribution is 0.0696. The first-order valence-electron chi connectivity index (χ1n) is 6.48. The maximum atomic E-state index is 14.3. The van der Waals surface area contributed by atoms with Crippen LogP contribution >= 0.6 is 0 Å². The number of aromatic carboxylic acids is 1. The average Bonchev–Trinajstić information content (AvgIpc) is 2.54. The Labute approximate surface area is 129 Å². The van der Waals surface area contributed by atoms with Gasteiger partial charge in [-0.3, -0.25) is 0 Å². The molecule has 0 fully saturated rings. The second-order valence-corrected chi connectivity index (χ2v) is 4.61. The number of carboxylic acids is 1. The fourth-order valence-corrected chi connectivity index (χ4v) is 1.95. The number of aliphatic hydroxyl groups is 1. The van der Waals surface area contributed by atoms with Crippen LogP contribution in [0.5, 0.6) is 5.88 Å². The lowest BCUT2D eigenvalue weighted by Crippen LogP contribution is -2.07. The molecule has 1 aromatic heterocycles. The van der Waals surface area contributed by atoms with Gasteiger partial charge in [-0.05, 0) is 19.1 Å². The van der Waals surface area contributed by atoms with E-state index in [1.807, 2.05) is 0 Å². The number of rotatable bonds is 5. The molecular weight excluding hydrogens is 315 g/mol. The molecule has 2 N–H and O–H groups in total. The van der Waals surface area contributed by atoms with Crippen LogP contribution < -0.4 is 4.74 Å². The largest absolute Gasteiger partial charge is 0.478 e. The number of pyridine rings is 1. The van der Waals surface area contributed by atoms with Gasteiger partial charge < -0.3 is 14.9 Å². The Kier molecular flexibility index (Phi) is 4.85. The molecule has 5 nitrogen and oxygen atoms in total. The number of carbonyl (C=O) groups is 1. The third-order valence-electron chi connectivity index (χ3n) is 3.09. The Balaban J connectivity index is 2.69. The van der Waals surface area contributed by atoms with E-state index in [0.29, 0.717) is 6.07 Å². The van der Waals surface area contributed by atoms with Crippen molar-refractivity contribution in [1.82, 2.24) is 4.98 Å². The molecule has 0 bridgehead atoms. The highest BCUT2D eigenvalue weighted by Gasteiger charge is 2.21.